The largest absolute Gasteiger partial charge is 0.497 e. The standard InChI is InChI=1S/C22H27N3O2/c1-5-24(6-2)16(3)25-21-10-8-7-9-19(21)23-20(22(25)26)15-17-11-13-18(27-4)14-12-17/h7-14,16H,5-6,15H2,1-4H3. The molecule has 0 N–H and O–H groups in total. The van der Waals surface area contributed by atoms with Crippen LogP contribution >= 0.6 is 0 Å². The third kappa shape index (κ3) is 3.88. The average Bonchev–Trinajstić information content (AvgIpc) is 2.70. The van der Waals surface area contributed by atoms with E-state index >= 15 is 0 Å². The second kappa shape index (κ2) is 8.35. The minimum absolute atomic E-state index is 0.0241. The summed E-state index contributed by atoms with van der Waals surface area (Å²) in [6, 6.07) is 15.6. The lowest BCUT2D eigenvalue weighted by molar-refractivity contribution is 0.172. The van der Waals surface area contributed by atoms with Crippen molar-refractivity contribution < 1.29 is 4.74 Å². The molecule has 1 aromatic heterocycles. The van der Waals surface area contributed by atoms with Gasteiger partial charge < -0.3 is 4.74 Å². The summed E-state index contributed by atoms with van der Waals surface area (Å²) < 4.78 is 7.10. The lowest BCUT2D eigenvalue weighted by atomic mass is 10.1. The fourth-order valence-corrected chi connectivity index (χ4v) is 3.54. The van der Waals surface area contributed by atoms with E-state index < -0.39 is 0 Å². The summed E-state index contributed by atoms with van der Waals surface area (Å²) in [6.07, 6.45) is 0.466. The van der Waals surface area contributed by atoms with Crippen LogP contribution in [0.5, 0.6) is 5.75 Å². The smallest absolute Gasteiger partial charge is 0.274 e. The van der Waals surface area contributed by atoms with Crippen LogP contribution in [0.4, 0.5) is 0 Å². The van der Waals surface area contributed by atoms with E-state index in [1.54, 1.807) is 7.11 Å². The predicted octanol–water partition coefficient (Wildman–Crippen LogP) is 3.86. The fourth-order valence-electron chi connectivity index (χ4n) is 3.54. The van der Waals surface area contributed by atoms with Gasteiger partial charge in [0.05, 0.1) is 24.3 Å². The summed E-state index contributed by atoms with van der Waals surface area (Å²) in [5.41, 5.74) is 3.31. The molecular formula is C22H27N3O2. The fraction of sp³-hybridized carbons (Fsp3) is 0.364. The summed E-state index contributed by atoms with van der Waals surface area (Å²) in [5.74, 6) is 0.804. The van der Waals surface area contributed by atoms with Gasteiger partial charge in [0, 0.05) is 6.42 Å². The van der Waals surface area contributed by atoms with Gasteiger partial charge in [-0.15, -0.1) is 0 Å². The van der Waals surface area contributed by atoms with Crippen LogP contribution in [-0.2, 0) is 6.42 Å². The number of nitrogens with zero attached hydrogens (tertiary/aromatic N) is 3. The van der Waals surface area contributed by atoms with Crippen LogP contribution in [-0.4, -0.2) is 34.7 Å². The number of benzene rings is 2. The molecule has 0 spiro atoms. The summed E-state index contributed by atoms with van der Waals surface area (Å²) in [6.45, 7) is 8.08. The first-order chi connectivity index (χ1) is 13.1. The predicted molar refractivity (Wildman–Crippen MR) is 109 cm³/mol. The summed E-state index contributed by atoms with van der Waals surface area (Å²) in [7, 11) is 1.65. The van der Waals surface area contributed by atoms with Gasteiger partial charge in [-0.3, -0.25) is 14.3 Å². The Balaban J connectivity index is 2.10. The second-order valence-corrected chi connectivity index (χ2v) is 6.60. The highest BCUT2D eigenvalue weighted by molar-refractivity contribution is 5.74. The molecule has 5 heteroatoms. The number of hydrogen-bond donors (Lipinski definition) is 0. The van der Waals surface area contributed by atoms with E-state index in [-0.39, 0.29) is 11.7 Å². The van der Waals surface area contributed by atoms with Crippen LogP contribution in [0, 0.1) is 0 Å². The molecule has 0 radical (unpaired) electrons. The Bertz CT molecular complexity index is 959. The van der Waals surface area contributed by atoms with Gasteiger partial charge in [-0.2, -0.15) is 0 Å². The zero-order chi connectivity index (χ0) is 19.4. The summed E-state index contributed by atoms with van der Waals surface area (Å²) in [4.78, 5) is 20.3. The summed E-state index contributed by atoms with van der Waals surface area (Å²) in [5, 5.41) is 0. The highest BCUT2D eigenvalue weighted by Gasteiger charge is 2.19. The number of hydrogen-bond acceptors (Lipinski definition) is 4. The molecule has 142 valence electrons. The van der Waals surface area contributed by atoms with Crippen molar-refractivity contribution >= 4 is 11.0 Å². The second-order valence-electron chi connectivity index (χ2n) is 6.60. The van der Waals surface area contributed by atoms with Crippen molar-refractivity contribution in [1.29, 1.82) is 0 Å². The Morgan fingerprint density at radius 2 is 1.74 bits per heavy atom. The van der Waals surface area contributed by atoms with E-state index in [1.807, 2.05) is 53.1 Å². The monoisotopic (exact) mass is 365 g/mol. The molecule has 3 aromatic rings. The third-order valence-electron chi connectivity index (χ3n) is 5.11. The molecule has 27 heavy (non-hydrogen) atoms. The molecule has 0 amide bonds. The Kier molecular flexibility index (Phi) is 5.91. The molecule has 0 saturated carbocycles. The van der Waals surface area contributed by atoms with Gasteiger partial charge >= 0.3 is 0 Å². The van der Waals surface area contributed by atoms with Crippen molar-refractivity contribution in [2.45, 2.75) is 33.4 Å². The van der Waals surface area contributed by atoms with Gasteiger partial charge in [0.25, 0.3) is 5.56 Å². The number of para-hydroxylation sites is 2. The molecule has 3 rings (SSSR count). The van der Waals surface area contributed by atoms with E-state index in [1.165, 1.54) is 0 Å². The maximum absolute atomic E-state index is 13.3. The Hall–Kier alpha value is -2.66. The zero-order valence-corrected chi connectivity index (χ0v) is 16.5. The van der Waals surface area contributed by atoms with Crippen molar-refractivity contribution in [3.05, 3.63) is 70.1 Å². The van der Waals surface area contributed by atoms with Gasteiger partial charge in [-0.05, 0) is 49.8 Å². The lowest BCUT2D eigenvalue weighted by Crippen LogP contribution is -2.38. The third-order valence-corrected chi connectivity index (χ3v) is 5.11. The van der Waals surface area contributed by atoms with Crippen LogP contribution in [0.3, 0.4) is 0 Å². The normalized spacial score (nSPS) is 12.5. The Labute approximate surface area is 160 Å². The highest BCUT2D eigenvalue weighted by Crippen LogP contribution is 2.19. The van der Waals surface area contributed by atoms with Crippen LogP contribution in [0.15, 0.2) is 53.3 Å². The van der Waals surface area contributed by atoms with E-state index in [0.29, 0.717) is 12.1 Å². The van der Waals surface area contributed by atoms with Crippen LogP contribution in [0.25, 0.3) is 11.0 Å². The molecule has 0 fully saturated rings. The summed E-state index contributed by atoms with van der Waals surface area (Å²) >= 11 is 0. The van der Waals surface area contributed by atoms with E-state index in [9.17, 15) is 4.79 Å². The Morgan fingerprint density at radius 3 is 2.37 bits per heavy atom. The van der Waals surface area contributed by atoms with Gasteiger partial charge in [0.15, 0.2) is 0 Å². The first-order valence-electron chi connectivity index (χ1n) is 9.46. The van der Waals surface area contributed by atoms with Crippen molar-refractivity contribution in [2.75, 3.05) is 20.2 Å². The van der Waals surface area contributed by atoms with Gasteiger partial charge in [-0.1, -0.05) is 38.1 Å². The lowest BCUT2D eigenvalue weighted by Gasteiger charge is -2.29. The van der Waals surface area contributed by atoms with E-state index in [0.717, 1.165) is 35.4 Å². The zero-order valence-electron chi connectivity index (χ0n) is 16.5. The van der Waals surface area contributed by atoms with Crippen molar-refractivity contribution in [1.82, 2.24) is 14.5 Å². The molecule has 0 aliphatic rings. The SMILES string of the molecule is CCN(CC)C(C)n1c(=O)c(Cc2ccc(OC)cc2)nc2ccccc21. The highest BCUT2D eigenvalue weighted by atomic mass is 16.5. The average molecular weight is 365 g/mol. The van der Waals surface area contributed by atoms with E-state index in [4.69, 9.17) is 4.74 Å². The quantitative estimate of drug-likeness (QED) is 0.638. The van der Waals surface area contributed by atoms with Crippen molar-refractivity contribution in [3.63, 3.8) is 0 Å². The molecule has 0 aliphatic carbocycles. The van der Waals surface area contributed by atoms with Crippen molar-refractivity contribution in [2.24, 2.45) is 0 Å². The molecule has 1 heterocycles. The molecular weight excluding hydrogens is 338 g/mol. The van der Waals surface area contributed by atoms with Crippen LogP contribution < -0.4 is 10.3 Å². The van der Waals surface area contributed by atoms with Gasteiger partial charge in [-0.25, -0.2) is 4.98 Å². The van der Waals surface area contributed by atoms with Gasteiger partial charge in [0.1, 0.15) is 11.4 Å². The first kappa shape index (κ1) is 19.1. The molecule has 1 unspecified atom stereocenters. The topological polar surface area (TPSA) is 47.4 Å². The molecule has 2 aromatic carbocycles. The molecule has 0 saturated heterocycles. The minimum Gasteiger partial charge on any atom is -0.497 e. The molecule has 5 nitrogen and oxygen atoms in total. The maximum Gasteiger partial charge on any atom is 0.274 e. The minimum atomic E-state index is -0.0324. The number of fused-ring (bicyclic) bond motifs is 1. The molecule has 0 bridgehead atoms. The molecule has 0 aliphatic heterocycles. The number of ether oxygens (including phenoxy) is 1. The van der Waals surface area contributed by atoms with E-state index in [2.05, 4.69) is 30.7 Å². The number of aromatic nitrogens is 2. The van der Waals surface area contributed by atoms with Crippen LogP contribution in [0.1, 0.15) is 38.2 Å². The van der Waals surface area contributed by atoms with Crippen molar-refractivity contribution in [3.8, 4) is 5.75 Å². The van der Waals surface area contributed by atoms with Crippen LogP contribution in [0.2, 0.25) is 0 Å². The maximum atomic E-state index is 13.3. The Morgan fingerprint density at radius 1 is 1.07 bits per heavy atom. The number of rotatable bonds is 7. The number of methoxy groups -OCH3 is 1. The van der Waals surface area contributed by atoms with Gasteiger partial charge in [0.2, 0.25) is 0 Å². The molecule has 1 atom stereocenters. The first-order valence-corrected chi connectivity index (χ1v) is 9.46.